The SMILES string of the molecule is COc1cccc(-c2nnc(NS(=O)(=O)C[C@@H](O)c3ccc(F)cc3Br)n2-c2c(OC)cccc2OC)n1. The maximum Gasteiger partial charge on any atom is 0.243 e. The molecule has 38 heavy (non-hydrogen) atoms. The predicted molar refractivity (Wildman–Crippen MR) is 141 cm³/mol. The number of methoxy groups -OCH3 is 3. The van der Waals surface area contributed by atoms with E-state index >= 15 is 0 Å². The third-order valence-electron chi connectivity index (χ3n) is 5.40. The lowest BCUT2D eigenvalue weighted by Crippen LogP contribution is -2.24. The second kappa shape index (κ2) is 11.3. The molecule has 0 saturated carbocycles. The van der Waals surface area contributed by atoms with Crippen molar-refractivity contribution in [3.8, 4) is 34.6 Å². The molecule has 0 bridgehead atoms. The molecular formula is C24H23BrFN5O6S. The van der Waals surface area contributed by atoms with Crippen LogP contribution < -0.4 is 18.9 Å². The zero-order chi connectivity index (χ0) is 27.4. The highest BCUT2D eigenvalue weighted by Gasteiger charge is 2.28. The number of aromatic nitrogens is 4. The van der Waals surface area contributed by atoms with Gasteiger partial charge in [0.15, 0.2) is 5.82 Å². The number of para-hydroxylation sites is 1. The summed E-state index contributed by atoms with van der Waals surface area (Å²) in [7, 11) is 0.140. The Hall–Kier alpha value is -3.75. The van der Waals surface area contributed by atoms with E-state index in [1.807, 2.05) is 0 Å². The Morgan fingerprint density at radius 3 is 2.34 bits per heavy atom. The summed E-state index contributed by atoms with van der Waals surface area (Å²) in [6.45, 7) is 0. The van der Waals surface area contributed by atoms with Crippen molar-refractivity contribution >= 4 is 31.9 Å². The molecule has 0 aliphatic rings. The highest BCUT2D eigenvalue weighted by Crippen LogP contribution is 2.37. The summed E-state index contributed by atoms with van der Waals surface area (Å²) in [6, 6.07) is 13.6. The first kappa shape index (κ1) is 27.3. The number of nitrogens with one attached hydrogen (secondary N) is 1. The fraction of sp³-hybridized carbons (Fsp3) is 0.208. The largest absolute Gasteiger partial charge is 0.494 e. The van der Waals surface area contributed by atoms with Crippen molar-refractivity contribution in [1.29, 1.82) is 0 Å². The van der Waals surface area contributed by atoms with Crippen molar-refractivity contribution in [2.24, 2.45) is 0 Å². The molecule has 4 rings (SSSR count). The number of halogens is 2. The molecule has 2 aromatic heterocycles. The number of benzene rings is 2. The van der Waals surface area contributed by atoms with Crippen LogP contribution in [0.15, 0.2) is 59.1 Å². The summed E-state index contributed by atoms with van der Waals surface area (Å²) in [5.41, 5.74) is 0.832. The van der Waals surface area contributed by atoms with Crippen LogP contribution in [-0.2, 0) is 10.0 Å². The molecule has 0 spiro atoms. The first-order chi connectivity index (χ1) is 18.2. The van der Waals surface area contributed by atoms with E-state index in [-0.39, 0.29) is 21.8 Å². The van der Waals surface area contributed by atoms with E-state index in [4.69, 9.17) is 14.2 Å². The van der Waals surface area contributed by atoms with Gasteiger partial charge in [-0.25, -0.2) is 17.8 Å². The van der Waals surface area contributed by atoms with Crippen LogP contribution in [0.4, 0.5) is 10.3 Å². The molecule has 2 N–H and O–H groups in total. The zero-order valence-electron chi connectivity index (χ0n) is 20.4. The number of anilines is 1. The Morgan fingerprint density at radius 1 is 1.03 bits per heavy atom. The fourth-order valence-electron chi connectivity index (χ4n) is 3.68. The Labute approximate surface area is 226 Å². The molecule has 1 atom stereocenters. The summed E-state index contributed by atoms with van der Waals surface area (Å²) < 4.78 is 60.0. The van der Waals surface area contributed by atoms with E-state index in [9.17, 15) is 17.9 Å². The van der Waals surface area contributed by atoms with Crippen molar-refractivity contribution in [3.63, 3.8) is 0 Å². The Morgan fingerprint density at radius 2 is 1.71 bits per heavy atom. The minimum absolute atomic E-state index is 0.159. The van der Waals surface area contributed by atoms with Gasteiger partial charge >= 0.3 is 0 Å². The topological polar surface area (TPSA) is 138 Å². The highest BCUT2D eigenvalue weighted by atomic mass is 79.9. The molecule has 200 valence electrons. The first-order valence-electron chi connectivity index (χ1n) is 11.0. The molecule has 2 aromatic carbocycles. The molecule has 0 radical (unpaired) electrons. The monoisotopic (exact) mass is 607 g/mol. The van der Waals surface area contributed by atoms with Crippen molar-refractivity contribution in [3.05, 3.63) is 70.5 Å². The van der Waals surface area contributed by atoms with Crippen LogP contribution in [-0.4, -0.2) is 60.4 Å². The smallest absolute Gasteiger partial charge is 0.243 e. The van der Waals surface area contributed by atoms with Gasteiger partial charge in [0.25, 0.3) is 0 Å². The lowest BCUT2D eigenvalue weighted by Gasteiger charge is -2.18. The van der Waals surface area contributed by atoms with Crippen molar-refractivity contribution in [2.75, 3.05) is 31.8 Å². The highest BCUT2D eigenvalue weighted by molar-refractivity contribution is 9.10. The number of aliphatic hydroxyl groups is 1. The lowest BCUT2D eigenvalue weighted by atomic mass is 10.1. The van der Waals surface area contributed by atoms with Gasteiger partial charge in [-0.15, -0.1) is 10.2 Å². The summed E-state index contributed by atoms with van der Waals surface area (Å²) in [5, 5.41) is 18.9. The first-order valence-corrected chi connectivity index (χ1v) is 13.4. The van der Waals surface area contributed by atoms with Crippen LogP contribution in [0.5, 0.6) is 17.4 Å². The molecule has 0 fully saturated rings. The summed E-state index contributed by atoms with van der Waals surface area (Å²) in [5.74, 6) is -0.359. The lowest BCUT2D eigenvalue weighted by molar-refractivity contribution is 0.201. The van der Waals surface area contributed by atoms with Gasteiger partial charge in [0, 0.05) is 10.5 Å². The van der Waals surface area contributed by atoms with Gasteiger partial charge in [0.05, 0.1) is 33.2 Å². The Bertz CT molecular complexity index is 1540. The molecule has 11 nitrogen and oxygen atoms in total. The van der Waals surface area contributed by atoms with Crippen LogP contribution in [0.1, 0.15) is 11.7 Å². The number of hydrogen-bond donors (Lipinski definition) is 2. The van der Waals surface area contributed by atoms with E-state index in [0.717, 1.165) is 12.1 Å². The molecule has 4 aromatic rings. The minimum Gasteiger partial charge on any atom is -0.494 e. The molecule has 14 heteroatoms. The van der Waals surface area contributed by atoms with Gasteiger partial charge in [0.1, 0.15) is 28.7 Å². The van der Waals surface area contributed by atoms with E-state index in [0.29, 0.717) is 28.8 Å². The minimum atomic E-state index is -4.22. The van der Waals surface area contributed by atoms with E-state index in [1.54, 1.807) is 36.4 Å². The normalized spacial score (nSPS) is 12.2. The number of nitrogens with zero attached hydrogens (tertiary/aromatic N) is 4. The van der Waals surface area contributed by atoms with E-state index in [2.05, 4.69) is 35.8 Å². The second-order valence-electron chi connectivity index (χ2n) is 7.82. The summed E-state index contributed by atoms with van der Waals surface area (Å²) in [6.07, 6.45) is -1.47. The fourth-order valence-corrected chi connectivity index (χ4v) is 5.39. The summed E-state index contributed by atoms with van der Waals surface area (Å²) in [4.78, 5) is 4.39. The Kier molecular flexibility index (Phi) is 8.14. The number of sulfonamides is 1. The molecular weight excluding hydrogens is 585 g/mol. The third kappa shape index (κ3) is 5.71. The van der Waals surface area contributed by atoms with Gasteiger partial charge < -0.3 is 19.3 Å². The summed E-state index contributed by atoms with van der Waals surface area (Å²) >= 11 is 3.15. The van der Waals surface area contributed by atoms with Gasteiger partial charge in [0.2, 0.25) is 21.9 Å². The van der Waals surface area contributed by atoms with Crippen LogP contribution >= 0.6 is 15.9 Å². The predicted octanol–water partition coefficient (Wildman–Crippen LogP) is 3.73. The molecule has 0 aliphatic heterocycles. The average Bonchev–Trinajstić information content (AvgIpc) is 3.29. The maximum atomic E-state index is 13.5. The maximum absolute atomic E-state index is 13.5. The standard InChI is InChI=1S/C24H23BrFN5O6S/c1-35-19-7-5-8-20(36-2)22(19)31-23(17-6-4-9-21(27-17)37-3)28-29-24(31)30-38(33,34)13-18(32)15-11-10-14(26)12-16(15)25/h4-12,18,32H,13H2,1-3H3,(H,29,30)/t18-/m1/s1. The van der Waals surface area contributed by atoms with E-state index in [1.165, 1.54) is 32.0 Å². The number of aliphatic hydroxyl groups excluding tert-OH is 1. The van der Waals surface area contributed by atoms with Crippen LogP contribution in [0.25, 0.3) is 17.2 Å². The molecule has 0 unspecified atom stereocenters. The van der Waals surface area contributed by atoms with Gasteiger partial charge in [-0.2, -0.15) is 0 Å². The van der Waals surface area contributed by atoms with Crippen molar-refractivity contribution in [2.45, 2.75) is 6.10 Å². The second-order valence-corrected chi connectivity index (χ2v) is 10.4. The van der Waals surface area contributed by atoms with Crippen molar-refractivity contribution in [1.82, 2.24) is 19.7 Å². The molecule has 0 amide bonds. The molecule has 0 aliphatic carbocycles. The van der Waals surface area contributed by atoms with Gasteiger partial charge in [-0.05, 0) is 35.9 Å². The average molecular weight is 608 g/mol. The molecule has 0 saturated heterocycles. The van der Waals surface area contributed by atoms with Crippen molar-refractivity contribution < 1.29 is 32.1 Å². The van der Waals surface area contributed by atoms with Crippen LogP contribution in [0.2, 0.25) is 0 Å². The number of hydrogen-bond acceptors (Lipinski definition) is 9. The van der Waals surface area contributed by atoms with E-state index < -0.39 is 27.7 Å². The molecule has 2 heterocycles. The number of pyridine rings is 1. The van der Waals surface area contributed by atoms with Crippen LogP contribution in [0, 0.1) is 5.82 Å². The van der Waals surface area contributed by atoms with Gasteiger partial charge in [-0.3, -0.25) is 9.29 Å². The van der Waals surface area contributed by atoms with Crippen LogP contribution in [0.3, 0.4) is 0 Å². The zero-order valence-corrected chi connectivity index (χ0v) is 22.8. The number of rotatable bonds is 10. The Balaban J connectivity index is 1.81. The quantitative estimate of drug-likeness (QED) is 0.276. The number of ether oxygens (including phenoxy) is 3. The van der Waals surface area contributed by atoms with Gasteiger partial charge in [-0.1, -0.05) is 34.1 Å². The third-order valence-corrected chi connectivity index (χ3v) is 7.33.